The van der Waals surface area contributed by atoms with E-state index in [2.05, 4.69) is 58.6 Å². The lowest BCUT2D eigenvalue weighted by atomic mass is 10.0. The average molecular weight is 380 g/mol. The summed E-state index contributed by atoms with van der Waals surface area (Å²) in [5.74, 6) is 1.85. The van der Waals surface area contributed by atoms with Crippen LogP contribution in [0.15, 0.2) is 42.2 Å². The van der Waals surface area contributed by atoms with Gasteiger partial charge in [-0.1, -0.05) is 18.2 Å². The van der Waals surface area contributed by atoms with Crippen molar-refractivity contribution in [1.29, 1.82) is 0 Å². The quantitative estimate of drug-likeness (QED) is 0.474. The molecule has 0 aliphatic carbocycles. The Morgan fingerprint density at radius 3 is 2.75 bits per heavy atom. The minimum Gasteiger partial charge on any atom is -0.356 e. The minimum absolute atomic E-state index is 0.135. The Balaban J connectivity index is 2.04. The first-order chi connectivity index (χ1) is 13.5. The van der Waals surface area contributed by atoms with Crippen LogP contribution in [0, 0.1) is 18.8 Å². The number of aryl methyl sites for hydroxylation is 2. The number of hydrogen-bond acceptors (Lipinski definition) is 6. The van der Waals surface area contributed by atoms with Crippen molar-refractivity contribution in [1.82, 2.24) is 9.97 Å². The van der Waals surface area contributed by atoms with Crippen LogP contribution in [-0.4, -0.2) is 42.2 Å². The largest absolute Gasteiger partial charge is 0.356 e. The average Bonchev–Trinajstić information content (AvgIpc) is 2.66. The predicted octanol–water partition coefficient (Wildman–Crippen LogP) is 4.51. The molecule has 3 heterocycles. The molecule has 0 radical (unpaired) electrons. The van der Waals surface area contributed by atoms with Crippen LogP contribution in [0.2, 0.25) is 0 Å². The molecule has 3 rings (SSSR count). The topological polar surface area (TPSA) is 61.7 Å². The molecule has 1 saturated heterocycles. The van der Waals surface area contributed by atoms with Gasteiger partial charge in [-0.05, 0) is 56.0 Å². The van der Waals surface area contributed by atoms with Gasteiger partial charge in [0.2, 0.25) is 0 Å². The molecule has 148 valence electrons. The maximum atomic E-state index is 10.8. The molecule has 0 aromatic carbocycles. The number of anilines is 2. The van der Waals surface area contributed by atoms with E-state index in [1.165, 1.54) is 0 Å². The van der Waals surface area contributed by atoms with E-state index in [4.69, 9.17) is 4.98 Å². The van der Waals surface area contributed by atoms with Crippen LogP contribution >= 0.6 is 0 Å². The molecule has 6 heteroatoms. The molecule has 0 bridgehead atoms. The van der Waals surface area contributed by atoms with Crippen molar-refractivity contribution in [2.75, 3.05) is 36.0 Å². The third kappa shape index (κ3) is 4.38. The van der Waals surface area contributed by atoms with E-state index in [0.29, 0.717) is 13.1 Å². The summed E-state index contributed by atoms with van der Waals surface area (Å²) in [5.41, 5.74) is 4.36. The molecule has 2 aromatic heterocycles. The first-order valence-electron chi connectivity index (χ1n) is 9.94. The zero-order chi connectivity index (χ0) is 20.1. The second-order valence-corrected chi connectivity index (χ2v) is 7.45. The van der Waals surface area contributed by atoms with Crippen molar-refractivity contribution in [2.24, 2.45) is 5.18 Å². The van der Waals surface area contributed by atoms with E-state index in [1.807, 2.05) is 19.2 Å². The first-order valence-corrected chi connectivity index (χ1v) is 9.94. The summed E-state index contributed by atoms with van der Waals surface area (Å²) in [4.78, 5) is 24.7. The van der Waals surface area contributed by atoms with Gasteiger partial charge in [-0.3, -0.25) is 4.98 Å². The molecule has 0 saturated carbocycles. The van der Waals surface area contributed by atoms with E-state index >= 15 is 0 Å². The second-order valence-electron chi connectivity index (χ2n) is 7.45. The summed E-state index contributed by atoms with van der Waals surface area (Å²) in [7, 11) is 0. The van der Waals surface area contributed by atoms with Crippen molar-refractivity contribution in [3.63, 3.8) is 0 Å². The Bertz CT molecular complexity index is 845. The number of rotatable bonds is 9. The normalized spacial score (nSPS) is 13.9. The Morgan fingerprint density at radius 1 is 1.29 bits per heavy atom. The van der Waals surface area contributed by atoms with E-state index in [-0.39, 0.29) is 6.04 Å². The van der Waals surface area contributed by atoms with Gasteiger partial charge in [-0.15, -0.1) is 6.58 Å². The van der Waals surface area contributed by atoms with Gasteiger partial charge >= 0.3 is 0 Å². The molecule has 2 aromatic rings. The highest BCUT2D eigenvalue weighted by atomic mass is 16.3. The number of nitrogens with zero attached hydrogens (tertiary/aromatic N) is 5. The van der Waals surface area contributed by atoms with Gasteiger partial charge in [0.15, 0.2) is 0 Å². The van der Waals surface area contributed by atoms with Crippen molar-refractivity contribution in [3.05, 3.63) is 53.2 Å². The van der Waals surface area contributed by atoms with Gasteiger partial charge in [-0.25, -0.2) is 4.98 Å². The predicted molar refractivity (Wildman–Crippen MR) is 116 cm³/mol. The molecule has 0 unspecified atom stereocenters. The molecule has 0 spiro atoms. The molecule has 1 aliphatic heterocycles. The van der Waals surface area contributed by atoms with Crippen LogP contribution in [0.3, 0.4) is 0 Å². The van der Waals surface area contributed by atoms with Crippen LogP contribution in [0.25, 0.3) is 11.1 Å². The monoisotopic (exact) mass is 379 g/mol. The van der Waals surface area contributed by atoms with Crippen molar-refractivity contribution < 1.29 is 0 Å². The molecule has 1 aliphatic rings. The van der Waals surface area contributed by atoms with Crippen LogP contribution in [0.5, 0.6) is 0 Å². The van der Waals surface area contributed by atoms with Gasteiger partial charge in [-0.2, -0.15) is 4.91 Å². The SMILES string of the molecule is C=CCCN(CCC)c1cc(-c2cc(C)cnc2C)cc(N2CC(N=O)C2)n1. The fraction of sp³-hybridized carbons (Fsp3) is 0.455. The second kappa shape index (κ2) is 8.95. The van der Waals surface area contributed by atoms with E-state index in [0.717, 1.165) is 60.0 Å². The molecule has 6 nitrogen and oxygen atoms in total. The minimum atomic E-state index is -0.135. The Morgan fingerprint density at radius 2 is 2.07 bits per heavy atom. The fourth-order valence-electron chi connectivity index (χ4n) is 3.48. The molecule has 0 atom stereocenters. The van der Waals surface area contributed by atoms with Gasteiger partial charge in [0.25, 0.3) is 0 Å². The summed E-state index contributed by atoms with van der Waals surface area (Å²) < 4.78 is 0. The summed E-state index contributed by atoms with van der Waals surface area (Å²) in [6.45, 7) is 13.2. The highest BCUT2D eigenvalue weighted by Gasteiger charge is 2.29. The van der Waals surface area contributed by atoms with Gasteiger partial charge < -0.3 is 9.80 Å². The third-order valence-electron chi connectivity index (χ3n) is 5.09. The number of nitroso groups, excluding NO2 is 1. The summed E-state index contributed by atoms with van der Waals surface area (Å²) in [6, 6.07) is 6.29. The van der Waals surface area contributed by atoms with Crippen molar-refractivity contribution in [3.8, 4) is 11.1 Å². The van der Waals surface area contributed by atoms with Crippen molar-refractivity contribution >= 4 is 11.6 Å². The summed E-state index contributed by atoms with van der Waals surface area (Å²) in [6.07, 6.45) is 5.79. The van der Waals surface area contributed by atoms with Crippen LogP contribution in [0.4, 0.5) is 11.6 Å². The highest BCUT2D eigenvalue weighted by Crippen LogP contribution is 2.32. The lowest BCUT2D eigenvalue weighted by molar-refractivity contribution is 0.513. The number of hydrogen-bond donors (Lipinski definition) is 0. The Hall–Kier alpha value is -2.76. The fourth-order valence-corrected chi connectivity index (χ4v) is 3.48. The first kappa shape index (κ1) is 20.0. The summed E-state index contributed by atoms with van der Waals surface area (Å²) in [5, 5.41) is 3.15. The molecular formula is C22H29N5O. The summed E-state index contributed by atoms with van der Waals surface area (Å²) >= 11 is 0. The molecule has 28 heavy (non-hydrogen) atoms. The zero-order valence-electron chi connectivity index (χ0n) is 17.1. The van der Waals surface area contributed by atoms with Gasteiger partial charge in [0.05, 0.1) is 0 Å². The maximum absolute atomic E-state index is 10.8. The molecule has 1 fully saturated rings. The maximum Gasteiger partial charge on any atom is 0.131 e. The van der Waals surface area contributed by atoms with Gasteiger partial charge in [0, 0.05) is 43.6 Å². The van der Waals surface area contributed by atoms with Gasteiger partial charge in [0.1, 0.15) is 17.7 Å². The lowest BCUT2D eigenvalue weighted by Crippen LogP contribution is -2.50. The number of pyridine rings is 2. The lowest BCUT2D eigenvalue weighted by Gasteiger charge is -2.37. The smallest absolute Gasteiger partial charge is 0.131 e. The number of aromatic nitrogens is 2. The van der Waals surface area contributed by atoms with Crippen molar-refractivity contribution in [2.45, 2.75) is 39.7 Å². The molecular weight excluding hydrogens is 350 g/mol. The third-order valence-corrected chi connectivity index (χ3v) is 5.09. The molecule has 0 amide bonds. The highest BCUT2D eigenvalue weighted by molar-refractivity contribution is 5.73. The standard InChI is InChI=1S/C22H29N5O/c1-5-7-9-26(8-6-2)21-11-18(20-10-16(3)13-23-17(20)4)12-22(24-21)27-14-19(15-27)25-28/h5,10-13,19H,1,6-9,14-15H2,2-4H3. The zero-order valence-corrected chi connectivity index (χ0v) is 17.1. The molecule has 0 N–H and O–H groups in total. The van der Waals surface area contributed by atoms with Crippen LogP contribution in [0.1, 0.15) is 31.0 Å². The Kier molecular flexibility index (Phi) is 6.39. The Labute approximate surface area is 167 Å². The van der Waals surface area contributed by atoms with E-state index in [1.54, 1.807) is 0 Å². The van der Waals surface area contributed by atoms with Crippen LogP contribution in [-0.2, 0) is 0 Å². The van der Waals surface area contributed by atoms with E-state index in [9.17, 15) is 4.91 Å². The van der Waals surface area contributed by atoms with Crippen LogP contribution < -0.4 is 9.80 Å². The van der Waals surface area contributed by atoms with E-state index < -0.39 is 0 Å².